The summed E-state index contributed by atoms with van der Waals surface area (Å²) >= 11 is 0. The molecular formula is C20H38O2. The third kappa shape index (κ3) is 5.53. The maximum atomic E-state index is 10.0. The maximum absolute atomic E-state index is 10.0. The molecule has 2 fully saturated rings. The lowest BCUT2D eigenvalue weighted by Gasteiger charge is -2.39. The van der Waals surface area contributed by atoms with E-state index in [1.54, 1.807) is 0 Å². The van der Waals surface area contributed by atoms with E-state index in [0.29, 0.717) is 12.3 Å². The largest absolute Gasteiger partial charge is 0.396 e. The molecule has 1 atom stereocenters. The molecule has 2 aliphatic carbocycles. The van der Waals surface area contributed by atoms with Crippen molar-refractivity contribution in [1.29, 1.82) is 0 Å². The molecule has 0 amide bonds. The molecule has 2 aliphatic rings. The highest BCUT2D eigenvalue weighted by Crippen LogP contribution is 2.43. The van der Waals surface area contributed by atoms with Gasteiger partial charge in [-0.3, -0.25) is 0 Å². The lowest BCUT2D eigenvalue weighted by Crippen LogP contribution is -2.30. The Morgan fingerprint density at radius 1 is 0.864 bits per heavy atom. The molecule has 22 heavy (non-hydrogen) atoms. The molecule has 1 unspecified atom stereocenters. The molecule has 0 aliphatic heterocycles. The highest BCUT2D eigenvalue weighted by Gasteiger charge is 2.32. The van der Waals surface area contributed by atoms with Crippen LogP contribution < -0.4 is 0 Å². The minimum atomic E-state index is -0.264. The summed E-state index contributed by atoms with van der Waals surface area (Å²) in [6.07, 6.45) is 16.9. The van der Waals surface area contributed by atoms with Crippen LogP contribution in [0.4, 0.5) is 0 Å². The van der Waals surface area contributed by atoms with Crippen LogP contribution in [0.3, 0.4) is 0 Å². The van der Waals surface area contributed by atoms with E-state index < -0.39 is 0 Å². The molecule has 2 saturated carbocycles. The fraction of sp³-hybridized carbons (Fsp3) is 1.00. The van der Waals surface area contributed by atoms with Crippen molar-refractivity contribution >= 4 is 0 Å². The zero-order valence-electron chi connectivity index (χ0n) is 14.7. The number of unbranched alkanes of at least 4 members (excludes halogenated alkanes) is 2. The van der Waals surface area contributed by atoms with Crippen molar-refractivity contribution in [1.82, 2.24) is 0 Å². The van der Waals surface area contributed by atoms with Gasteiger partial charge in [0.25, 0.3) is 0 Å². The third-order valence-corrected chi connectivity index (χ3v) is 6.56. The van der Waals surface area contributed by atoms with E-state index in [1.165, 1.54) is 77.0 Å². The van der Waals surface area contributed by atoms with Crippen LogP contribution in [0.1, 0.15) is 90.4 Å². The number of aliphatic hydroxyl groups is 2. The minimum Gasteiger partial charge on any atom is -0.396 e. The van der Waals surface area contributed by atoms with Gasteiger partial charge in [-0.2, -0.15) is 0 Å². The molecule has 0 saturated heterocycles. The van der Waals surface area contributed by atoms with E-state index >= 15 is 0 Å². The van der Waals surface area contributed by atoms with E-state index in [0.717, 1.165) is 17.8 Å². The molecule has 2 rings (SSSR count). The van der Waals surface area contributed by atoms with Crippen LogP contribution in [-0.2, 0) is 0 Å². The molecule has 0 aromatic carbocycles. The van der Waals surface area contributed by atoms with E-state index in [9.17, 15) is 5.11 Å². The van der Waals surface area contributed by atoms with Crippen LogP contribution in [0.2, 0.25) is 0 Å². The van der Waals surface area contributed by atoms with Gasteiger partial charge in [-0.15, -0.1) is 0 Å². The first-order valence-corrected chi connectivity index (χ1v) is 10.0. The van der Waals surface area contributed by atoms with Crippen molar-refractivity contribution in [3.8, 4) is 0 Å². The molecule has 0 radical (unpaired) electrons. The van der Waals surface area contributed by atoms with Gasteiger partial charge >= 0.3 is 0 Å². The lowest BCUT2D eigenvalue weighted by molar-refractivity contribution is 0.0402. The van der Waals surface area contributed by atoms with E-state index in [4.69, 9.17) is 5.11 Å². The second kappa shape index (κ2) is 9.93. The summed E-state index contributed by atoms with van der Waals surface area (Å²) < 4.78 is 0. The summed E-state index contributed by atoms with van der Waals surface area (Å²) in [6, 6.07) is 0. The number of hydrogen-bond donors (Lipinski definition) is 2. The first kappa shape index (κ1) is 18.3. The van der Waals surface area contributed by atoms with Gasteiger partial charge < -0.3 is 10.2 Å². The smallest absolute Gasteiger partial charge is 0.0590 e. The maximum Gasteiger partial charge on any atom is 0.0590 e. The van der Waals surface area contributed by atoms with Gasteiger partial charge in [-0.05, 0) is 68.6 Å². The Bertz CT molecular complexity index is 275. The molecule has 0 bridgehead atoms. The first-order valence-electron chi connectivity index (χ1n) is 10.0. The van der Waals surface area contributed by atoms with Crippen molar-refractivity contribution < 1.29 is 10.2 Å². The number of hydrogen-bond acceptors (Lipinski definition) is 2. The minimum absolute atomic E-state index is 0.128. The normalized spacial score (nSPS) is 34.5. The third-order valence-electron chi connectivity index (χ3n) is 6.56. The standard InChI is InChI=1S/C20H38O2/c1-2-3-4-5-16-6-8-17(9-7-16)18-10-12-19(13-11-18)20(22)14-15-21/h16-22H,2-15H2,1H3. The second-order valence-electron chi connectivity index (χ2n) is 8.03. The summed E-state index contributed by atoms with van der Waals surface area (Å²) in [5.41, 5.74) is 0. The van der Waals surface area contributed by atoms with Gasteiger partial charge in [0.2, 0.25) is 0 Å². The van der Waals surface area contributed by atoms with Gasteiger partial charge in [0.05, 0.1) is 6.10 Å². The van der Waals surface area contributed by atoms with Crippen LogP contribution in [-0.4, -0.2) is 22.9 Å². The van der Waals surface area contributed by atoms with Gasteiger partial charge in [-0.25, -0.2) is 0 Å². The van der Waals surface area contributed by atoms with Crippen LogP contribution in [0.15, 0.2) is 0 Å². The second-order valence-corrected chi connectivity index (χ2v) is 8.03. The predicted octanol–water partition coefficient (Wildman–Crippen LogP) is 4.92. The van der Waals surface area contributed by atoms with Crippen molar-refractivity contribution in [2.45, 2.75) is 96.5 Å². The Morgan fingerprint density at radius 2 is 1.45 bits per heavy atom. The van der Waals surface area contributed by atoms with Gasteiger partial charge in [0.15, 0.2) is 0 Å². The molecule has 0 aromatic rings. The SMILES string of the molecule is CCCCCC1CCC(C2CCC(C(O)CCO)CC2)CC1. The van der Waals surface area contributed by atoms with Crippen molar-refractivity contribution in [2.75, 3.05) is 6.61 Å². The number of rotatable bonds is 8. The molecule has 0 spiro atoms. The molecule has 2 heteroatoms. The average Bonchev–Trinajstić information content (AvgIpc) is 2.56. The van der Waals surface area contributed by atoms with Crippen molar-refractivity contribution in [3.05, 3.63) is 0 Å². The predicted molar refractivity (Wildman–Crippen MR) is 92.7 cm³/mol. The van der Waals surface area contributed by atoms with E-state index in [-0.39, 0.29) is 12.7 Å². The molecule has 130 valence electrons. The van der Waals surface area contributed by atoms with Crippen LogP contribution in [0.5, 0.6) is 0 Å². The Balaban J connectivity index is 1.64. The average molecular weight is 311 g/mol. The number of aliphatic hydroxyl groups excluding tert-OH is 2. The molecule has 0 aromatic heterocycles. The van der Waals surface area contributed by atoms with Gasteiger partial charge in [-0.1, -0.05) is 45.4 Å². The Kier molecular flexibility index (Phi) is 8.24. The highest BCUT2D eigenvalue weighted by molar-refractivity contribution is 4.84. The van der Waals surface area contributed by atoms with Gasteiger partial charge in [0, 0.05) is 6.61 Å². The zero-order valence-corrected chi connectivity index (χ0v) is 14.7. The van der Waals surface area contributed by atoms with Crippen LogP contribution in [0, 0.1) is 23.7 Å². The lowest BCUT2D eigenvalue weighted by atomic mass is 9.68. The fourth-order valence-electron chi connectivity index (χ4n) is 5.00. The summed E-state index contributed by atoms with van der Waals surface area (Å²) in [5.74, 6) is 3.37. The summed E-state index contributed by atoms with van der Waals surface area (Å²) in [6.45, 7) is 2.42. The Labute approximate surface area is 137 Å². The van der Waals surface area contributed by atoms with Crippen LogP contribution >= 0.6 is 0 Å². The topological polar surface area (TPSA) is 40.5 Å². The van der Waals surface area contributed by atoms with Crippen molar-refractivity contribution in [3.63, 3.8) is 0 Å². The monoisotopic (exact) mass is 310 g/mol. The Hall–Kier alpha value is -0.0800. The molecule has 2 nitrogen and oxygen atoms in total. The first-order chi connectivity index (χ1) is 10.7. The Morgan fingerprint density at radius 3 is 2.00 bits per heavy atom. The van der Waals surface area contributed by atoms with Gasteiger partial charge in [0.1, 0.15) is 0 Å². The molecule has 0 heterocycles. The van der Waals surface area contributed by atoms with Crippen LogP contribution in [0.25, 0.3) is 0 Å². The fourth-order valence-corrected chi connectivity index (χ4v) is 5.00. The zero-order chi connectivity index (χ0) is 15.8. The summed E-state index contributed by atoms with van der Waals surface area (Å²) in [4.78, 5) is 0. The molecular weight excluding hydrogens is 272 g/mol. The summed E-state index contributed by atoms with van der Waals surface area (Å²) in [7, 11) is 0. The van der Waals surface area contributed by atoms with Crippen molar-refractivity contribution in [2.24, 2.45) is 23.7 Å². The highest BCUT2D eigenvalue weighted by atomic mass is 16.3. The summed E-state index contributed by atoms with van der Waals surface area (Å²) in [5, 5.41) is 19.0. The molecule has 2 N–H and O–H groups in total. The van der Waals surface area contributed by atoms with E-state index in [1.807, 2.05) is 0 Å². The quantitative estimate of drug-likeness (QED) is 0.624. The van der Waals surface area contributed by atoms with E-state index in [2.05, 4.69) is 6.92 Å².